The lowest BCUT2D eigenvalue weighted by molar-refractivity contribution is -0.137. The second-order valence-electron chi connectivity index (χ2n) is 8.40. The first-order chi connectivity index (χ1) is 18.1. The highest BCUT2D eigenvalue weighted by atomic mass is 32.1. The highest BCUT2D eigenvalue weighted by Crippen LogP contribution is 2.48. The molecule has 0 bridgehead atoms. The molecule has 1 saturated heterocycles. The molecule has 2 atom stereocenters. The first kappa shape index (κ1) is 27.8. The number of likely N-dealkylation sites (tertiary alicyclic amines) is 1. The van der Waals surface area contributed by atoms with Gasteiger partial charge in [0.2, 0.25) is 16.6 Å². The highest BCUT2D eigenvalue weighted by molar-refractivity contribution is 7.69. The van der Waals surface area contributed by atoms with Crippen molar-refractivity contribution in [2.45, 2.75) is 46.0 Å². The lowest BCUT2D eigenvalue weighted by Gasteiger charge is -2.23. The predicted molar refractivity (Wildman–Crippen MR) is 137 cm³/mol. The van der Waals surface area contributed by atoms with Gasteiger partial charge >= 0.3 is 7.60 Å². The molecule has 1 fully saturated rings. The second-order valence-corrected chi connectivity index (χ2v) is 11.6. The summed E-state index contributed by atoms with van der Waals surface area (Å²) < 4.78 is 39.4. The molecule has 0 saturated carbocycles. The van der Waals surface area contributed by atoms with Gasteiger partial charge in [0, 0.05) is 12.1 Å². The van der Waals surface area contributed by atoms with Crippen molar-refractivity contribution in [3.63, 3.8) is 0 Å². The summed E-state index contributed by atoms with van der Waals surface area (Å²) in [5.74, 6) is -1.81. The number of aryl methyl sites for hydroxylation is 1. The molecule has 16 heteroatoms. The van der Waals surface area contributed by atoms with Gasteiger partial charge in [0.25, 0.3) is 5.91 Å². The average molecular weight is 568 g/mol. The van der Waals surface area contributed by atoms with Gasteiger partial charge in [0.1, 0.15) is 34.9 Å². The molecule has 4 rings (SSSR count). The van der Waals surface area contributed by atoms with Crippen LogP contribution in [0.3, 0.4) is 0 Å². The van der Waals surface area contributed by atoms with Crippen molar-refractivity contribution < 1.29 is 32.4 Å². The maximum absolute atomic E-state index is 14.4. The Kier molecular flexibility index (Phi) is 8.21. The van der Waals surface area contributed by atoms with E-state index in [1.54, 1.807) is 39.0 Å². The van der Waals surface area contributed by atoms with Crippen LogP contribution in [-0.2, 0) is 29.7 Å². The molecule has 38 heavy (non-hydrogen) atoms. The standard InChI is InChI=1S/C22H27FN7O6PS/c1-4-35-37(34,36-5-2)22-27-18-17(19(24)32)28-30(21(18)38-22)11-16(31)29-10-13(23)9-14(29)20(33)26-15-8-6-7-12(3)25-15/h6-8,13-14H,4-5,9-11H2,1-3H3,(H2,24,32)(H,25,26,33)/t13-,14+/m1/s1. The van der Waals surface area contributed by atoms with Crippen molar-refractivity contribution >= 4 is 57.6 Å². The van der Waals surface area contributed by atoms with E-state index in [1.165, 1.54) is 4.68 Å². The summed E-state index contributed by atoms with van der Waals surface area (Å²) in [4.78, 5) is 48.0. The van der Waals surface area contributed by atoms with E-state index in [9.17, 15) is 23.3 Å². The average Bonchev–Trinajstić information content (AvgIpc) is 3.54. The Labute approximate surface area is 221 Å². The summed E-state index contributed by atoms with van der Waals surface area (Å²) >= 11 is 0.880. The van der Waals surface area contributed by atoms with Gasteiger partial charge in [0.15, 0.2) is 5.69 Å². The SMILES string of the molecule is CCOP(=O)(OCC)c1nc2c(C(N)=O)nn(CC(=O)N3C[C@H](F)C[C@H]3C(=O)Nc3cccc(C)n3)c2s1. The molecule has 0 unspecified atom stereocenters. The summed E-state index contributed by atoms with van der Waals surface area (Å²) in [6, 6.07) is 3.99. The molecule has 0 radical (unpaired) electrons. The molecule has 3 N–H and O–H groups in total. The van der Waals surface area contributed by atoms with Crippen molar-refractivity contribution in [3.8, 4) is 0 Å². The minimum absolute atomic E-state index is 0.0230. The summed E-state index contributed by atoms with van der Waals surface area (Å²) in [5, 5.41) is 6.73. The zero-order valence-corrected chi connectivity index (χ0v) is 22.6. The van der Waals surface area contributed by atoms with E-state index in [1.807, 2.05) is 0 Å². The molecule has 3 aromatic heterocycles. The summed E-state index contributed by atoms with van der Waals surface area (Å²) in [6.45, 7) is 4.48. The molecule has 1 aliphatic heterocycles. The van der Waals surface area contributed by atoms with E-state index in [-0.39, 0.29) is 52.8 Å². The molecule has 0 aromatic carbocycles. The fraction of sp³-hybridized carbons (Fsp3) is 0.455. The molecule has 13 nitrogen and oxygen atoms in total. The molecular formula is C22H27FN7O6PS. The Morgan fingerprint density at radius 3 is 2.58 bits per heavy atom. The maximum Gasteiger partial charge on any atom is 0.389 e. The van der Waals surface area contributed by atoms with Crippen LogP contribution in [-0.4, -0.2) is 74.3 Å². The maximum atomic E-state index is 14.4. The molecule has 4 heterocycles. The van der Waals surface area contributed by atoms with Gasteiger partial charge in [-0.2, -0.15) is 5.10 Å². The topological polar surface area (TPSA) is 172 Å². The van der Waals surface area contributed by atoms with E-state index in [2.05, 4.69) is 20.4 Å². The molecular weight excluding hydrogens is 540 g/mol. The van der Waals surface area contributed by atoms with Crippen LogP contribution in [0.5, 0.6) is 0 Å². The van der Waals surface area contributed by atoms with Crippen molar-refractivity contribution in [3.05, 3.63) is 29.6 Å². The third-order valence-corrected chi connectivity index (χ3v) is 9.22. The molecule has 3 amide bonds. The van der Waals surface area contributed by atoms with Gasteiger partial charge in [-0.3, -0.25) is 18.9 Å². The first-order valence-corrected chi connectivity index (χ1v) is 14.2. The first-order valence-electron chi connectivity index (χ1n) is 11.8. The number of rotatable bonds is 10. The largest absolute Gasteiger partial charge is 0.389 e. The number of anilines is 1. The molecule has 3 aromatic rings. The number of alkyl halides is 1. The Bertz CT molecular complexity index is 1420. The Balaban J connectivity index is 1.61. The Hall–Kier alpha value is -3.26. The zero-order valence-electron chi connectivity index (χ0n) is 20.9. The Morgan fingerprint density at radius 2 is 1.95 bits per heavy atom. The minimum atomic E-state index is -3.79. The van der Waals surface area contributed by atoms with Crippen LogP contribution in [0.25, 0.3) is 10.3 Å². The third-order valence-electron chi connectivity index (χ3n) is 5.64. The van der Waals surface area contributed by atoms with Crippen LogP contribution < -0.4 is 15.8 Å². The van der Waals surface area contributed by atoms with E-state index in [0.29, 0.717) is 5.69 Å². The number of nitrogens with zero attached hydrogens (tertiary/aromatic N) is 5. The van der Waals surface area contributed by atoms with Crippen molar-refractivity contribution in [1.29, 1.82) is 0 Å². The van der Waals surface area contributed by atoms with Crippen molar-refractivity contribution in [1.82, 2.24) is 24.6 Å². The third kappa shape index (κ3) is 5.60. The zero-order chi connectivity index (χ0) is 27.6. The molecule has 0 aliphatic carbocycles. The number of carbonyl (C=O) groups excluding carboxylic acids is 3. The van der Waals surface area contributed by atoms with Gasteiger partial charge in [-0.25, -0.2) is 19.0 Å². The number of carbonyl (C=O) groups is 3. The van der Waals surface area contributed by atoms with Crippen LogP contribution >= 0.6 is 18.9 Å². The van der Waals surface area contributed by atoms with Crippen LogP contribution in [0.15, 0.2) is 18.2 Å². The number of fused-ring (bicyclic) bond motifs is 1. The molecule has 204 valence electrons. The number of primary amides is 1. The number of pyridine rings is 1. The number of hydrogen-bond donors (Lipinski definition) is 2. The smallest absolute Gasteiger partial charge is 0.364 e. The van der Waals surface area contributed by atoms with Crippen LogP contribution in [0.2, 0.25) is 0 Å². The second kappa shape index (κ2) is 11.2. The van der Waals surface area contributed by atoms with E-state index in [4.69, 9.17) is 14.8 Å². The Morgan fingerprint density at radius 1 is 1.24 bits per heavy atom. The summed E-state index contributed by atoms with van der Waals surface area (Å²) in [7, 11) is -3.79. The van der Waals surface area contributed by atoms with Crippen LogP contribution in [0.4, 0.5) is 10.2 Å². The van der Waals surface area contributed by atoms with Gasteiger partial charge in [-0.15, -0.1) is 0 Å². The lowest BCUT2D eigenvalue weighted by atomic mass is 10.2. The number of aromatic nitrogens is 4. The minimum Gasteiger partial charge on any atom is -0.364 e. The van der Waals surface area contributed by atoms with Crippen molar-refractivity contribution in [2.75, 3.05) is 25.1 Å². The van der Waals surface area contributed by atoms with Gasteiger partial charge in [-0.05, 0) is 32.9 Å². The van der Waals surface area contributed by atoms with Gasteiger partial charge < -0.3 is 25.0 Å². The van der Waals surface area contributed by atoms with E-state index in [0.717, 1.165) is 16.2 Å². The normalized spacial score (nSPS) is 17.7. The van der Waals surface area contributed by atoms with Gasteiger partial charge in [0.05, 0.1) is 19.8 Å². The number of thiazole rings is 1. The number of halogens is 1. The highest BCUT2D eigenvalue weighted by Gasteiger charge is 2.40. The number of amides is 3. The van der Waals surface area contributed by atoms with E-state index < -0.39 is 44.1 Å². The van der Waals surface area contributed by atoms with Crippen LogP contribution in [0, 0.1) is 6.92 Å². The van der Waals surface area contributed by atoms with Crippen molar-refractivity contribution in [2.24, 2.45) is 5.73 Å². The fourth-order valence-corrected chi connectivity index (χ4v) is 7.05. The number of hydrogen-bond acceptors (Lipinski definition) is 10. The van der Waals surface area contributed by atoms with Gasteiger partial charge in [-0.1, -0.05) is 17.4 Å². The predicted octanol–water partition coefficient (Wildman–Crippen LogP) is 1.76. The summed E-state index contributed by atoms with van der Waals surface area (Å²) in [6.07, 6.45) is -1.58. The van der Waals surface area contributed by atoms with E-state index >= 15 is 0 Å². The summed E-state index contributed by atoms with van der Waals surface area (Å²) in [5.41, 5.74) is 5.94. The number of nitrogens with two attached hydrogens (primary N) is 1. The quantitative estimate of drug-likeness (QED) is 0.346. The monoisotopic (exact) mass is 567 g/mol. The lowest BCUT2D eigenvalue weighted by Crippen LogP contribution is -2.44. The van der Waals surface area contributed by atoms with Crippen LogP contribution in [0.1, 0.15) is 36.5 Å². The fourth-order valence-electron chi connectivity index (χ4n) is 4.07. The molecule has 0 spiro atoms. The number of nitrogens with one attached hydrogen (secondary N) is 1. The molecule has 1 aliphatic rings.